The van der Waals surface area contributed by atoms with Crippen LogP contribution in [0.1, 0.15) is 27.7 Å². The van der Waals surface area contributed by atoms with Gasteiger partial charge in [-0.05, 0) is 42.0 Å². The first kappa shape index (κ1) is 21.5. The van der Waals surface area contributed by atoms with Crippen LogP contribution in [0.15, 0.2) is 48.5 Å². The summed E-state index contributed by atoms with van der Waals surface area (Å²) < 4.78 is 19.2. The van der Waals surface area contributed by atoms with Gasteiger partial charge in [0.1, 0.15) is 17.6 Å². The SMILES string of the molecule is Cl.N#Cc1cc(-c2cc(C(=O)Nc3ccc(C4CNCCO4)cc3)[nH]n2)ccc1F. The number of benzene rings is 2. The number of ether oxygens (including phenoxy) is 1. The van der Waals surface area contributed by atoms with Crippen molar-refractivity contribution in [1.29, 1.82) is 5.26 Å². The molecule has 1 unspecified atom stereocenters. The largest absolute Gasteiger partial charge is 0.371 e. The molecule has 7 nitrogen and oxygen atoms in total. The van der Waals surface area contributed by atoms with Crippen molar-refractivity contribution in [3.8, 4) is 17.3 Å². The lowest BCUT2D eigenvalue weighted by molar-refractivity contribution is 0.0277. The smallest absolute Gasteiger partial charge is 0.273 e. The van der Waals surface area contributed by atoms with E-state index in [0.717, 1.165) is 18.7 Å². The van der Waals surface area contributed by atoms with Gasteiger partial charge in [0.15, 0.2) is 0 Å². The lowest BCUT2D eigenvalue weighted by atomic mass is 10.1. The van der Waals surface area contributed by atoms with Crippen molar-refractivity contribution in [2.24, 2.45) is 0 Å². The fourth-order valence-corrected chi connectivity index (χ4v) is 3.12. The maximum Gasteiger partial charge on any atom is 0.273 e. The van der Waals surface area contributed by atoms with Gasteiger partial charge in [-0.25, -0.2) is 4.39 Å². The number of rotatable bonds is 4. The molecule has 3 N–H and O–H groups in total. The molecular formula is C21H19ClFN5O2. The highest BCUT2D eigenvalue weighted by Crippen LogP contribution is 2.23. The van der Waals surface area contributed by atoms with E-state index in [4.69, 9.17) is 10.00 Å². The highest BCUT2D eigenvalue weighted by atomic mass is 35.5. The van der Waals surface area contributed by atoms with E-state index >= 15 is 0 Å². The molecule has 1 saturated heterocycles. The second kappa shape index (κ2) is 9.50. The molecule has 30 heavy (non-hydrogen) atoms. The zero-order valence-corrected chi connectivity index (χ0v) is 16.6. The van der Waals surface area contributed by atoms with Gasteiger partial charge in [0.2, 0.25) is 0 Å². The predicted molar refractivity (Wildman–Crippen MR) is 112 cm³/mol. The minimum Gasteiger partial charge on any atom is -0.371 e. The van der Waals surface area contributed by atoms with E-state index < -0.39 is 5.82 Å². The predicted octanol–water partition coefficient (Wildman–Crippen LogP) is 3.42. The van der Waals surface area contributed by atoms with Crippen molar-refractivity contribution in [3.63, 3.8) is 0 Å². The highest BCUT2D eigenvalue weighted by molar-refractivity contribution is 6.03. The molecule has 154 valence electrons. The Morgan fingerprint density at radius 1 is 1.23 bits per heavy atom. The third-order valence-electron chi connectivity index (χ3n) is 4.67. The molecule has 1 aliphatic heterocycles. The normalized spacial score (nSPS) is 15.7. The summed E-state index contributed by atoms with van der Waals surface area (Å²) >= 11 is 0. The summed E-state index contributed by atoms with van der Waals surface area (Å²) in [4.78, 5) is 12.5. The lowest BCUT2D eigenvalue weighted by Crippen LogP contribution is -2.33. The summed E-state index contributed by atoms with van der Waals surface area (Å²) in [6.45, 7) is 2.29. The number of aromatic amines is 1. The Bertz CT molecular complexity index is 1070. The number of nitriles is 1. The third-order valence-corrected chi connectivity index (χ3v) is 4.67. The average molecular weight is 428 g/mol. The van der Waals surface area contributed by atoms with Crippen LogP contribution in [0.5, 0.6) is 0 Å². The van der Waals surface area contributed by atoms with Crippen LogP contribution in [0.25, 0.3) is 11.3 Å². The quantitative estimate of drug-likeness (QED) is 0.592. The fraction of sp³-hybridized carbons (Fsp3) is 0.190. The lowest BCUT2D eigenvalue weighted by Gasteiger charge is -2.24. The summed E-state index contributed by atoms with van der Waals surface area (Å²) in [5, 5.41) is 21.8. The minimum atomic E-state index is -0.595. The maximum absolute atomic E-state index is 13.5. The topological polar surface area (TPSA) is 103 Å². The molecule has 0 radical (unpaired) electrons. The van der Waals surface area contributed by atoms with E-state index in [2.05, 4.69) is 20.8 Å². The van der Waals surface area contributed by atoms with Crippen molar-refractivity contribution in [2.45, 2.75) is 6.10 Å². The number of H-pyrrole nitrogens is 1. The molecule has 2 heterocycles. The molecule has 0 spiro atoms. The van der Waals surface area contributed by atoms with E-state index in [9.17, 15) is 9.18 Å². The Balaban J connectivity index is 0.00000256. The zero-order valence-electron chi connectivity index (χ0n) is 15.8. The molecule has 3 aromatic rings. The van der Waals surface area contributed by atoms with Gasteiger partial charge in [-0.1, -0.05) is 12.1 Å². The van der Waals surface area contributed by atoms with Crippen LogP contribution in [-0.2, 0) is 4.74 Å². The third kappa shape index (κ3) is 4.66. The summed E-state index contributed by atoms with van der Waals surface area (Å²) in [6.07, 6.45) is 0.0117. The summed E-state index contributed by atoms with van der Waals surface area (Å²) in [5.41, 5.74) is 2.86. The molecule has 1 atom stereocenters. The Labute approximate surface area is 178 Å². The van der Waals surface area contributed by atoms with Crippen LogP contribution in [-0.4, -0.2) is 35.8 Å². The van der Waals surface area contributed by atoms with Crippen LogP contribution < -0.4 is 10.6 Å². The number of aromatic nitrogens is 2. The van der Waals surface area contributed by atoms with Gasteiger partial charge in [0.05, 0.1) is 24.0 Å². The minimum absolute atomic E-state index is 0. The van der Waals surface area contributed by atoms with Crippen molar-refractivity contribution in [3.05, 3.63) is 71.2 Å². The van der Waals surface area contributed by atoms with Gasteiger partial charge in [-0.15, -0.1) is 12.4 Å². The number of hydrogen-bond donors (Lipinski definition) is 3. The number of carbonyl (C=O) groups excluding carboxylic acids is 1. The summed E-state index contributed by atoms with van der Waals surface area (Å²) in [6, 6.07) is 14.9. The van der Waals surface area contributed by atoms with Gasteiger partial charge < -0.3 is 15.4 Å². The number of nitrogens with zero attached hydrogens (tertiary/aromatic N) is 2. The van der Waals surface area contributed by atoms with E-state index in [1.54, 1.807) is 12.1 Å². The number of hydrogen-bond acceptors (Lipinski definition) is 5. The Kier molecular flexibility index (Phi) is 6.79. The van der Waals surface area contributed by atoms with E-state index in [-0.39, 0.29) is 35.7 Å². The average Bonchev–Trinajstić information content (AvgIpc) is 3.26. The first-order chi connectivity index (χ1) is 14.1. The molecule has 9 heteroatoms. The van der Waals surface area contributed by atoms with Crippen LogP contribution in [0.4, 0.5) is 10.1 Å². The van der Waals surface area contributed by atoms with E-state index in [0.29, 0.717) is 23.6 Å². The van der Waals surface area contributed by atoms with Crippen LogP contribution in [0, 0.1) is 17.1 Å². The molecule has 1 aromatic heterocycles. The molecule has 1 fully saturated rings. The monoisotopic (exact) mass is 427 g/mol. The van der Waals surface area contributed by atoms with Crippen LogP contribution >= 0.6 is 12.4 Å². The maximum atomic E-state index is 13.5. The molecule has 0 saturated carbocycles. The number of morpholine rings is 1. The number of nitrogens with one attached hydrogen (secondary N) is 3. The Morgan fingerprint density at radius 2 is 2.03 bits per heavy atom. The standard InChI is InChI=1S/C21H18FN5O2.ClH/c22-17-6-3-14(9-15(17)11-23)18-10-19(27-26-18)21(28)25-16-4-1-13(2-5-16)20-12-24-7-8-29-20;/h1-6,9-10,20,24H,7-8,12H2,(H,25,28)(H,26,27);1H. The molecule has 2 aromatic carbocycles. The van der Waals surface area contributed by atoms with Crippen LogP contribution in [0.2, 0.25) is 0 Å². The first-order valence-electron chi connectivity index (χ1n) is 9.13. The van der Waals surface area contributed by atoms with Gasteiger partial charge in [-0.3, -0.25) is 9.89 Å². The van der Waals surface area contributed by atoms with Crippen molar-refractivity contribution < 1.29 is 13.9 Å². The van der Waals surface area contributed by atoms with Crippen molar-refractivity contribution >= 4 is 24.0 Å². The first-order valence-corrected chi connectivity index (χ1v) is 9.13. The van der Waals surface area contributed by atoms with E-state index in [1.807, 2.05) is 24.3 Å². The number of halogens is 2. The summed E-state index contributed by atoms with van der Waals surface area (Å²) in [7, 11) is 0. The van der Waals surface area contributed by atoms with Gasteiger partial charge in [0.25, 0.3) is 5.91 Å². The van der Waals surface area contributed by atoms with Gasteiger partial charge in [-0.2, -0.15) is 10.4 Å². The fourth-order valence-electron chi connectivity index (χ4n) is 3.12. The van der Waals surface area contributed by atoms with Crippen molar-refractivity contribution in [1.82, 2.24) is 15.5 Å². The number of carbonyl (C=O) groups is 1. The van der Waals surface area contributed by atoms with Crippen LogP contribution in [0.3, 0.4) is 0 Å². The van der Waals surface area contributed by atoms with Gasteiger partial charge >= 0.3 is 0 Å². The molecular weight excluding hydrogens is 409 g/mol. The molecule has 1 aliphatic rings. The zero-order chi connectivity index (χ0) is 20.2. The second-order valence-corrected chi connectivity index (χ2v) is 6.61. The summed E-state index contributed by atoms with van der Waals surface area (Å²) in [5.74, 6) is -0.947. The molecule has 0 aliphatic carbocycles. The Morgan fingerprint density at radius 3 is 2.73 bits per heavy atom. The van der Waals surface area contributed by atoms with Crippen molar-refractivity contribution in [2.75, 3.05) is 25.0 Å². The number of anilines is 1. The van der Waals surface area contributed by atoms with E-state index in [1.165, 1.54) is 18.2 Å². The molecule has 0 bridgehead atoms. The second-order valence-electron chi connectivity index (χ2n) is 6.61. The molecule has 1 amide bonds. The number of amides is 1. The Hall–Kier alpha value is -3.25. The highest BCUT2D eigenvalue weighted by Gasteiger charge is 2.16. The molecule has 4 rings (SSSR count). The van der Waals surface area contributed by atoms with Gasteiger partial charge in [0, 0.05) is 24.3 Å².